The number of hydrogen-bond acceptors (Lipinski definition) is 4. The second-order valence-corrected chi connectivity index (χ2v) is 4.62. The number of nitrogens with one attached hydrogen (secondary N) is 1. The lowest BCUT2D eigenvalue weighted by atomic mass is 10.1. The van der Waals surface area contributed by atoms with E-state index in [-0.39, 0.29) is 12.6 Å². The van der Waals surface area contributed by atoms with Gasteiger partial charge in [-0.25, -0.2) is 4.98 Å². The quantitative estimate of drug-likeness (QED) is 0.790. The molecule has 0 aliphatic carbocycles. The number of rotatable bonds is 6. The topological polar surface area (TPSA) is 62.5 Å². The number of halogens is 1. The van der Waals surface area contributed by atoms with Crippen molar-refractivity contribution in [3.63, 3.8) is 0 Å². The summed E-state index contributed by atoms with van der Waals surface area (Å²) in [5, 5.41) is 17.2. The molecule has 2 aromatic heterocycles. The molecule has 0 bridgehead atoms. The summed E-state index contributed by atoms with van der Waals surface area (Å²) < 4.78 is 1.68. The monoisotopic (exact) mass is 268 g/mol. The van der Waals surface area contributed by atoms with Gasteiger partial charge < -0.3 is 10.4 Å². The third-order valence-corrected chi connectivity index (χ3v) is 3.00. The lowest BCUT2D eigenvalue weighted by Gasteiger charge is -2.17. The normalized spacial score (nSPS) is 12.8. The third kappa shape index (κ3) is 2.91. The molecule has 2 N–H and O–H groups in total. The van der Waals surface area contributed by atoms with Crippen LogP contribution in [0.1, 0.15) is 26.2 Å². The van der Waals surface area contributed by atoms with E-state index in [0.717, 1.165) is 25.1 Å². The second kappa shape index (κ2) is 6.02. The Hall–Kier alpha value is -1.33. The van der Waals surface area contributed by atoms with Crippen LogP contribution in [0.4, 0.5) is 5.82 Å². The predicted molar refractivity (Wildman–Crippen MR) is 72.0 cm³/mol. The molecular weight excluding hydrogens is 252 g/mol. The summed E-state index contributed by atoms with van der Waals surface area (Å²) in [6.45, 7) is 2.21. The molecule has 0 amide bonds. The molecule has 5 nitrogen and oxygen atoms in total. The Morgan fingerprint density at radius 3 is 3.11 bits per heavy atom. The number of aliphatic hydroxyl groups excluding tert-OH is 1. The zero-order valence-corrected chi connectivity index (χ0v) is 11.1. The fourth-order valence-electron chi connectivity index (χ4n) is 1.85. The van der Waals surface area contributed by atoms with Crippen molar-refractivity contribution in [3.8, 4) is 0 Å². The molecule has 98 valence electrons. The number of aromatic nitrogens is 3. The van der Waals surface area contributed by atoms with Crippen molar-refractivity contribution >= 4 is 23.1 Å². The molecule has 2 rings (SSSR count). The average Bonchev–Trinajstić information content (AvgIpc) is 2.82. The Morgan fingerprint density at radius 2 is 2.39 bits per heavy atom. The van der Waals surface area contributed by atoms with E-state index in [1.54, 1.807) is 22.8 Å². The van der Waals surface area contributed by atoms with E-state index in [1.807, 2.05) is 0 Å². The summed E-state index contributed by atoms with van der Waals surface area (Å²) in [6.07, 6.45) is 4.76. The largest absolute Gasteiger partial charge is 0.394 e. The fraction of sp³-hybridized carbons (Fsp3) is 0.500. The molecule has 1 atom stereocenters. The highest BCUT2D eigenvalue weighted by molar-refractivity contribution is 6.29. The maximum Gasteiger partial charge on any atom is 0.159 e. The van der Waals surface area contributed by atoms with Gasteiger partial charge in [-0.3, -0.25) is 0 Å². The molecule has 18 heavy (non-hydrogen) atoms. The first kappa shape index (κ1) is 13.1. The highest BCUT2D eigenvalue weighted by Crippen LogP contribution is 2.17. The summed E-state index contributed by atoms with van der Waals surface area (Å²) in [5.41, 5.74) is 0.692. The van der Waals surface area contributed by atoms with Gasteiger partial charge in [-0.15, -0.1) is 0 Å². The fourth-order valence-corrected chi connectivity index (χ4v) is 2.04. The van der Waals surface area contributed by atoms with Gasteiger partial charge in [0.25, 0.3) is 0 Å². The van der Waals surface area contributed by atoms with E-state index in [0.29, 0.717) is 10.8 Å². The summed E-state index contributed by atoms with van der Waals surface area (Å²) in [6, 6.07) is 3.52. The van der Waals surface area contributed by atoms with E-state index in [9.17, 15) is 5.11 Å². The summed E-state index contributed by atoms with van der Waals surface area (Å²) in [4.78, 5) is 4.15. The number of nitrogens with zero attached hydrogens (tertiary/aromatic N) is 3. The Bertz CT molecular complexity index is 514. The zero-order chi connectivity index (χ0) is 13.0. The number of hydrogen-bond donors (Lipinski definition) is 2. The smallest absolute Gasteiger partial charge is 0.159 e. The standard InChI is InChI=1S/C12H17ClN4O/c1-2-3-4-9(8-18)15-12-7-10(13)16-11-5-6-14-17(11)12/h5-7,9,15,18H,2-4,8H2,1H3. The first-order valence-electron chi connectivity index (χ1n) is 6.12. The van der Waals surface area contributed by atoms with Crippen LogP contribution in [0.5, 0.6) is 0 Å². The molecule has 0 radical (unpaired) electrons. The van der Waals surface area contributed by atoms with Crippen LogP contribution < -0.4 is 5.32 Å². The molecule has 0 saturated heterocycles. The molecule has 2 heterocycles. The van der Waals surface area contributed by atoms with Gasteiger partial charge in [0.1, 0.15) is 11.0 Å². The van der Waals surface area contributed by atoms with Crippen LogP contribution in [-0.4, -0.2) is 32.4 Å². The lowest BCUT2D eigenvalue weighted by molar-refractivity contribution is 0.266. The van der Waals surface area contributed by atoms with Gasteiger partial charge in [0.2, 0.25) is 0 Å². The van der Waals surface area contributed by atoms with Crippen molar-refractivity contribution in [2.45, 2.75) is 32.2 Å². The second-order valence-electron chi connectivity index (χ2n) is 4.23. The van der Waals surface area contributed by atoms with E-state index in [4.69, 9.17) is 11.6 Å². The zero-order valence-electron chi connectivity index (χ0n) is 10.3. The van der Waals surface area contributed by atoms with E-state index < -0.39 is 0 Å². The molecule has 0 aromatic carbocycles. The average molecular weight is 269 g/mol. The molecule has 0 aliphatic rings. The van der Waals surface area contributed by atoms with Gasteiger partial charge >= 0.3 is 0 Å². The van der Waals surface area contributed by atoms with Crippen molar-refractivity contribution in [2.24, 2.45) is 0 Å². The lowest BCUT2D eigenvalue weighted by Crippen LogP contribution is -2.25. The van der Waals surface area contributed by atoms with Crippen LogP contribution >= 0.6 is 11.6 Å². The minimum Gasteiger partial charge on any atom is -0.394 e. The first-order valence-corrected chi connectivity index (χ1v) is 6.50. The van der Waals surface area contributed by atoms with Crippen LogP contribution in [0.3, 0.4) is 0 Å². The van der Waals surface area contributed by atoms with Gasteiger partial charge in [0, 0.05) is 12.1 Å². The third-order valence-electron chi connectivity index (χ3n) is 2.81. The molecule has 0 aliphatic heterocycles. The van der Waals surface area contributed by atoms with Crippen LogP contribution in [0, 0.1) is 0 Å². The Kier molecular flexibility index (Phi) is 4.38. The van der Waals surface area contributed by atoms with Crippen molar-refractivity contribution in [3.05, 3.63) is 23.5 Å². The minimum atomic E-state index is 0.0100. The van der Waals surface area contributed by atoms with Crippen LogP contribution in [0.15, 0.2) is 18.3 Å². The van der Waals surface area contributed by atoms with Gasteiger partial charge in [0.05, 0.1) is 18.8 Å². The number of fused-ring (bicyclic) bond motifs is 1. The molecule has 0 saturated carbocycles. The number of aliphatic hydroxyl groups is 1. The summed E-state index contributed by atoms with van der Waals surface area (Å²) in [5.74, 6) is 0.755. The molecule has 0 fully saturated rings. The number of anilines is 1. The molecule has 1 unspecified atom stereocenters. The van der Waals surface area contributed by atoms with Gasteiger partial charge in [-0.1, -0.05) is 31.4 Å². The van der Waals surface area contributed by atoms with Gasteiger partial charge in [-0.05, 0) is 6.42 Å². The molecule has 6 heteroatoms. The Labute approximate surface area is 111 Å². The van der Waals surface area contributed by atoms with Gasteiger partial charge in [0.15, 0.2) is 5.65 Å². The maximum atomic E-state index is 9.37. The van der Waals surface area contributed by atoms with E-state index in [1.165, 1.54) is 0 Å². The van der Waals surface area contributed by atoms with Crippen molar-refractivity contribution in [2.75, 3.05) is 11.9 Å². The minimum absolute atomic E-state index is 0.0100. The van der Waals surface area contributed by atoms with Crippen molar-refractivity contribution < 1.29 is 5.11 Å². The molecular formula is C12H17ClN4O. The summed E-state index contributed by atoms with van der Waals surface area (Å²) in [7, 11) is 0. The Morgan fingerprint density at radius 1 is 1.56 bits per heavy atom. The Balaban J connectivity index is 2.21. The first-order chi connectivity index (χ1) is 8.74. The molecule has 0 spiro atoms. The molecule has 2 aromatic rings. The maximum absolute atomic E-state index is 9.37. The predicted octanol–water partition coefficient (Wildman–Crippen LogP) is 2.35. The highest BCUT2D eigenvalue weighted by Gasteiger charge is 2.11. The number of unbranched alkanes of at least 4 members (excludes halogenated alkanes) is 1. The van der Waals surface area contributed by atoms with E-state index in [2.05, 4.69) is 22.3 Å². The van der Waals surface area contributed by atoms with Crippen molar-refractivity contribution in [1.29, 1.82) is 0 Å². The van der Waals surface area contributed by atoms with Crippen LogP contribution in [0.2, 0.25) is 5.15 Å². The van der Waals surface area contributed by atoms with E-state index >= 15 is 0 Å². The van der Waals surface area contributed by atoms with Crippen LogP contribution in [-0.2, 0) is 0 Å². The van der Waals surface area contributed by atoms with Crippen LogP contribution in [0.25, 0.3) is 5.65 Å². The highest BCUT2D eigenvalue weighted by atomic mass is 35.5. The SMILES string of the molecule is CCCCC(CO)Nc1cc(Cl)nc2ccnn12. The van der Waals surface area contributed by atoms with Crippen molar-refractivity contribution in [1.82, 2.24) is 14.6 Å². The summed E-state index contributed by atoms with van der Waals surface area (Å²) >= 11 is 5.96. The van der Waals surface area contributed by atoms with Gasteiger partial charge in [-0.2, -0.15) is 9.61 Å².